The monoisotopic (exact) mass is 358 g/mol. The molecule has 1 unspecified atom stereocenters. The molecule has 24 heavy (non-hydrogen) atoms. The van der Waals surface area contributed by atoms with E-state index in [9.17, 15) is 9.59 Å². The molecule has 0 aromatic rings. The fourth-order valence-corrected chi connectivity index (χ4v) is 4.54. The van der Waals surface area contributed by atoms with Crippen LogP contribution in [0.1, 0.15) is 59.3 Å². The standard InChI is InChI=1S/C18H34O5Si/c1-18(2,3)24(5,6)23-15-9-7-13(8-10-15)11-14(12-16(19)20)17(21)22-4/h13-15H,7-12H2,1-6H3,(H,19,20). The molecule has 1 atom stereocenters. The fourth-order valence-electron chi connectivity index (χ4n) is 3.12. The number of carboxylic acid groups (broad SMARTS) is 1. The zero-order valence-electron chi connectivity index (χ0n) is 16.1. The Morgan fingerprint density at radius 1 is 1.17 bits per heavy atom. The molecule has 5 nitrogen and oxygen atoms in total. The molecule has 0 heterocycles. The molecular formula is C18H34O5Si. The topological polar surface area (TPSA) is 72.8 Å². The molecule has 1 aliphatic rings. The lowest BCUT2D eigenvalue weighted by atomic mass is 9.81. The van der Waals surface area contributed by atoms with E-state index in [-0.39, 0.29) is 11.5 Å². The quantitative estimate of drug-likeness (QED) is 0.545. The second-order valence-corrected chi connectivity index (χ2v) is 13.3. The van der Waals surface area contributed by atoms with Crippen molar-refractivity contribution in [3.05, 3.63) is 0 Å². The van der Waals surface area contributed by atoms with Crippen LogP contribution in [0.5, 0.6) is 0 Å². The maximum Gasteiger partial charge on any atom is 0.309 e. The normalized spacial score (nSPS) is 23.6. The van der Waals surface area contributed by atoms with E-state index in [2.05, 4.69) is 33.9 Å². The highest BCUT2D eigenvalue weighted by Gasteiger charge is 2.40. The largest absolute Gasteiger partial charge is 0.481 e. The first kappa shape index (κ1) is 21.2. The van der Waals surface area contributed by atoms with Crippen LogP contribution in [0, 0.1) is 11.8 Å². The smallest absolute Gasteiger partial charge is 0.309 e. The second kappa shape index (κ2) is 8.47. The van der Waals surface area contributed by atoms with Crippen molar-refractivity contribution in [1.82, 2.24) is 0 Å². The van der Waals surface area contributed by atoms with Gasteiger partial charge in [-0.15, -0.1) is 0 Å². The van der Waals surface area contributed by atoms with Gasteiger partial charge >= 0.3 is 11.9 Å². The number of esters is 1. The van der Waals surface area contributed by atoms with Gasteiger partial charge in [-0.1, -0.05) is 20.8 Å². The van der Waals surface area contributed by atoms with Gasteiger partial charge in [-0.3, -0.25) is 9.59 Å². The SMILES string of the molecule is COC(=O)C(CC(=O)O)CC1CCC(O[Si](C)(C)C(C)(C)C)CC1. The summed E-state index contributed by atoms with van der Waals surface area (Å²) in [6.07, 6.45) is 4.74. The number of methoxy groups -OCH3 is 1. The van der Waals surface area contributed by atoms with Gasteiger partial charge in [0.05, 0.1) is 19.4 Å². The number of hydrogen-bond donors (Lipinski definition) is 1. The molecule has 1 N–H and O–H groups in total. The van der Waals surface area contributed by atoms with E-state index >= 15 is 0 Å². The lowest BCUT2D eigenvalue weighted by Crippen LogP contribution is -2.44. The Balaban J connectivity index is 2.52. The number of carboxylic acids is 1. The van der Waals surface area contributed by atoms with Crippen LogP contribution in [-0.4, -0.2) is 38.6 Å². The van der Waals surface area contributed by atoms with Crippen molar-refractivity contribution < 1.29 is 23.9 Å². The summed E-state index contributed by atoms with van der Waals surface area (Å²) in [4.78, 5) is 22.7. The van der Waals surface area contributed by atoms with Crippen LogP contribution in [0.4, 0.5) is 0 Å². The second-order valence-electron chi connectivity index (χ2n) is 8.57. The van der Waals surface area contributed by atoms with Crippen molar-refractivity contribution in [2.75, 3.05) is 7.11 Å². The van der Waals surface area contributed by atoms with Crippen molar-refractivity contribution in [1.29, 1.82) is 0 Å². The van der Waals surface area contributed by atoms with Crippen LogP contribution in [0.25, 0.3) is 0 Å². The summed E-state index contributed by atoms with van der Waals surface area (Å²) in [7, 11) is -0.423. The Hall–Kier alpha value is -0.883. The first-order chi connectivity index (χ1) is 11.0. The average Bonchev–Trinajstić information content (AvgIpc) is 2.45. The van der Waals surface area contributed by atoms with Crippen LogP contribution >= 0.6 is 0 Å². The van der Waals surface area contributed by atoms with E-state index in [1.807, 2.05) is 0 Å². The Bertz CT molecular complexity index is 433. The van der Waals surface area contributed by atoms with Crippen LogP contribution in [0.3, 0.4) is 0 Å². The number of rotatable bonds is 7. The number of carbonyl (C=O) groups excluding carboxylic acids is 1. The third kappa shape index (κ3) is 6.20. The molecule has 0 bridgehead atoms. The predicted octanol–water partition coefficient (Wildman–Crippen LogP) is 4.22. The van der Waals surface area contributed by atoms with Crippen LogP contribution in [-0.2, 0) is 18.8 Å². The highest BCUT2D eigenvalue weighted by Crippen LogP contribution is 2.40. The van der Waals surface area contributed by atoms with E-state index in [1.54, 1.807) is 0 Å². The molecule has 1 rings (SSSR count). The number of hydrogen-bond acceptors (Lipinski definition) is 4. The van der Waals surface area contributed by atoms with Gasteiger partial charge in [-0.05, 0) is 56.2 Å². The minimum absolute atomic E-state index is 0.146. The van der Waals surface area contributed by atoms with Crippen LogP contribution in [0.2, 0.25) is 18.1 Å². The van der Waals surface area contributed by atoms with Gasteiger partial charge in [-0.2, -0.15) is 0 Å². The van der Waals surface area contributed by atoms with Crippen molar-refractivity contribution in [2.24, 2.45) is 11.8 Å². The van der Waals surface area contributed by atoms with Gasteiger partial charge in [0.15, 0.2) is 8.32 Å². The highest BCUT2D eigenvalue weighted by atomic mass is 28.4. The molecule has 1 saturated carbocycles. The van der Waals surface area contributed by atoms with E-state index in [0.717, 1.165) is 25.7 Å². The first-order valence-corrected chi connectivity index (χ1v) is 11.8. The highest BCUT2D eigenvalue weighted by molar-refractivity contribution is 6.74. The van der Waals surface area contributed by atoms with Crippen molar-refractivity contribution >= 4 is 20.3 Å². The molecule has 0 aromatic carbocycles. The van der Waals surface area contributed by atoms with Gasteiger partial charge in [0.2, 0.25) is 0 Å². The van der Waals surface area contributed by atoms with Gasteiger partial charge in [0.1, 0.15) is 0 Å². The van der Waals surface area contributed by atoms with Crippen LogP contribution < -0.4 is 0 Å². The molecule has 0 spiro atoms. The summed E-state index contributed by atoms with van der Waals surface area (Å²) >= 11 is 0. The molecule has 0 radical (unpaired) electrons. The fraction of sp³-hybridized carbons (Fsp3) is 0.889. The number of ether oxygens (including phenoxy) is 1. The summed E-state index contributed by atoms with van der Waals surface area (Å²) in [5, 5.41) is 9.19. The summed E-state index contributed by atoms with van der Waals surface area (Å²) in [5.41, 5.74) is 0. The van der Waals surface area contributed by atoms with Crippen molar-refractivity contribution in [3.63, 3.8) is 0 Å². The van der Waals surface area contributed by atoms with Gasteiger partial charge in [0, 0.05) is 6.10 Å². The van der Waals surface area contributed by atoms with Gasteiger partial charge in [0.25, 0.3) is 0 Å². The Morgan fingerprint density at radius 2 is 1.71 bits per heavy atom. The van der Waals surface area contributed by atoms with Crippen molar-refractivity contribution in [2.45, 2.75) is 83.5 Å². The zero-order chi connectivity index (χ0) is 18.5. The first-order valence-electron chi connectivity index (χ1n) is 8.93. The van der Waals surface area contributed by atoms with Gasteiger partial charge in [-0.25, -0.2) is 0 Å². The maximum absolute atomic E-state index is 11.8. The molecule has 6 heteroatoms. The lowest BCUT2D eigenvalue weighted by Gasteiger charge is -2.41. The van der Waals surface area contributed by atoms with E-state index in [1.165, 1.54) is 7.11 Å². The minimum Gasteiger partial charge on any atom is -0.481 e. The molecule has 1 fully saturated rings. The maximum atomic E-state index is 11.8. The average molecular weight is 359 g/mol. The van der Waals surface area contributed by atoms with E-state index in [4.69, 9.17) is 14.3 Å². The Kier molecular flexibility index (Phi) is 7.47. The number of carbonyl (C=O) groups is 2. The third-order valence-corrected chi connectivity index (χ3v) is 10.2. The van der Waals surface area contributed by atoms with Crippen molar-refractivity contribution in [3.8, 4) is 0 Å². The molecule has 1 aliphatic carbocycles. The summed E-state index contributed by atoms with van der Waals surface area (Å²) in [6, 6.07) is 0. The predicted molar refractivity (Wildman–Crippen MR) is 96.4 cm³/mol. The molecule has 0 saturated heterocycles. The summed E-state index contributed by atoms with van der Waals surface area (Å²) < 4.78 is 11.2. The van der Waals surface area contributed by atoms with E-state index < -0.39 is 26.2 Å². The molecular weight excluding hydrogens is 324 g/mol. The zero-order valence-corrected chi connectivity index (χ0v) is 17.1. The van der Waals surface area contributed by atoms with E-state index in [0.29, 0.717) is 18.4 Å². The molecule has 0 aromatic heterocycles. The van der Waals surface area contributed by atoms with Crippen LogP contribution in [0.15, 0.2) is 0 Å². The number of aliphatic carboxylic acids is 1. The molecule has 0 amide bonds. The van der Waals surface area contributed by atoms with Gasteiger partial charge < -0.3 is 14.3 Å². The summed E-state index contributed by atoms with van der Waals surface area (Å²) in [6.45, 7) is 11.3. The summed E-state index contributed by atoms with van der Waals surface area (Å²) in [5.74, 6) is -1.50. The molecule has 140 valence electrons. The minimum atomic E-state index is -1.74. The third-order valence-electron chi connectivity index (χ3n) is 5.63. The Labute approximate surface area is 147 Å². The lowest BCUT2D eigenvalue weighted by molar-refractivity contribution is -0.151. The Morgan fingerprint density at radius 3 is 2.12 bits per heavy atom. The molecule has 0 aliphatic heterocycles.